The Balaban J connectivity index is 2.55. The number of amides is 1. The van der Waals surface area contributed by atoms with Gasteiger partial charge in [0.1, 0.15) is 0 Å². The molecule has 0 aromatic rings. The minimum atomic E-state index is -0.0245. The van der Waals surface area contributed by atoms with Gasteiger partial charge in [-0.15, -0.1) is 0 Å². The third kappa shape index (κ3) is 5.95. The Hall–Kier alpha value is -0.610. The number of likely N-dealkylation sites (tertiary alicyclic amines) is 1. The van der Waals surface area contributed by atoms with E-state index in [1.165, 1.54) is 19.3 Å². The van der Waals surface area contributed by atoms with Gasteiger partial charge < -0.3 is 10.6 Å². The SMILES string of the molecule is CCNC(C)C1CCCCN1C(C)C(=O)NCCC(C)C. The van der Waals surface area contributed by atoms with Crippen LogP contribution in [0, 0.1) is 5.92 Å². The van der Waals surface area contributed by atoms with Crippen molar-refractivity contribution in [1.29, 1.82) is 0 Å². The highest BCUT2D eigenvalue weighted by Gasteiger charge is 2.32. The van der Waals surface area contributed by atoms with Crippen LogP contribution in [0.15, 0.2) is 0 Å². The molecule has 1 rings (SSSR count). The maximum Gasteiger partial charge on any atom is 0.237 e. The fraction of sp³-hybridized carbons (Fsp3) is 0.941. The standard InChI is InChI=1S/C17H35N3O/c1-6-18-14(4)16-9-7-8-12-20(16)15(5)17(21)19-11-10-13(2)3/h13-16,18H,6-12H2,1-5H3,(H,19,21). The molecule has 1 aliphatic rings. The zero-order valence-electron chi connectivity index (χ0n) is 14.6. The van der Waals surface area contributed by atoms with Crippen molar-refractivity contribution in [1.82, 2.24) is 15.5 Å². The van der Waals surface area contributed by atoms with E-state index in [1.807, 2.05) is 0 Å². The van der Waals surface area contributed by atoms with Gasteiger partial charge in [-0.1, -0.05) is 27.2 Å². The van der Waals surface area contributed by atoms with E-state index in [1.54, 1.807) is 0 Å². The minimum absolute atomic E-state index is 0.0245. The molecule has 0 aliphatic carbocycles. The summed E-state index contributed by atoms with van der Waals surface area (Å²) in [5.41, 5.74) is 0. The molecule has 1 amide bonds. The Morgan fingerprint density at radius 1 is 1.24 bits per heavy atom. The molecule has 124 valence electrons. The van der Waals surface area contributed by atoms with Gasteiger partial charge in [-0.3, -0.25) is 9.69 Å². The van der Waals surface area contributed by atoms with Gasteiger partial charge in [0.2, 0.25) is 5.91 Å². The van der Waals surface area contributed by atoms with E-state index in [0.717, 1.165) is 26.1 Å². The van der Waals surface area contributed by atoms with Crippen LogP contribution in [0.25, 0.3) is 0 Å². The molecule has 1 fully saturated rings. The number of hydrogen-bond acceptors (Lipinski definition) is 3. The molecule has 4 heteroatoms. The summed E-state index contributed by atoms with van der Waals surface area (Å²) in [4.78, 5) is 14.8. The maximum atomic E-state index is 12.4. The van der Waals surface area contributed by atoms with Gasteiger partial charge >= 0.3 is 0 Å². The average molecular weight is 297 g/mol. The maximum absolute atomic E-state index is 12.4. The zero-order valence-corrected chi connectivity index (χ0v) is 14.6. The summed E-state index contributed by atoms with van der Waals surface area (Å²) < 4.78 is 0. The number of carbonyl (C=O) groups is 1. The smallest absolute Gasteiger partial charge is 0.237 e. The van der Waals surface area contributed by atoms with Gasteiger partial charge in [0, 0.05) is 18.6 Å². The highest BCUT2D eigenvalue weighted by Crippen LogP contribution is 2.22. The van der Waals surface area contributed by atoms with Gasteiger partial charge in [-0.05, 0) is 52.1 Å². The van der Waals surface area contributed by atoms with Crippen molar-refractivity contribution in [2.75, 3.05) is 19.6 Å². The first-order chi connectivity index (χ1) is 9.97. The molecule has 0 radical (unpaired) electrons. The monoisotopic (exact) mass is 297 g/mol. The molecular weight excluding hydrogens is 262 g/mol. The van der Waals surface area contributed by atoms with E-state index < -0.39 is 0 Å². The number of rotatable bonds is 8. The van der Waals surface area contributed by atoms with Crippen molar-refractivity contribution in [2.45, 2.75) is 78.4 Å². The number of likely N-dealkylation sites (N-methyl/N-ethyl adjacent to an activating group) is 1. The van der Waals surface area contributed by atoms with E-state index in [-0.39, 0.29) is 11.9 Å². The Morgan fingerprint density at radius 2 is 1.95 bits per heavy atom. The molecule has 3 atom stereocenters. The number of carbonyl (C=O) groups excluding carboxylic acids is 1. The van der Waals surface area contributed by atoms with Gasteiger partial charge in [-0.25, -0.2) is 0 Å². The highest BCUT2D eigenvalue weighted by molar-refractivity contribution is 5.81. The summed E-state index contributed by atoms with van der Waals surface area (Å²) in [5, 5.41) is 6.63. The molecule has 1 aliphatic heterocycles. The second-order valence-corrected chi connectivity index (χ2v) is 6.80. The van der Waals surface area contributed by atoms with Crippen molar-refractivity contribution in [2.24, 2.45) is 5.92 Å². The van der Waals surface area contributed by atoms with Crippen LogP contribution >= 0.6 is 0 Å². The number of nitrogens with zero attached hydrogens (tertiary/aromatic N) is 1. The van der Waals surface area contributed by atoms with Crippen molar-refractivity contribution < 1.29 is 4.79 Å². The highest BCUT2D eigenvalue weighted by atomic mass is 16.2. The van der Waals surface area contributed by atoms with Crippen molar-refractivity contribution in [3.63, 3.8) is 0 Å². The van der Waals surface area contributed by atoms with Gasteiger partial charge in [0.25, 0.3) is 0 Å². The van der Waals surface area contributed by atoms with Crippen LogP contribution in [0.3, 0.4) is 0 Å². The Bertz CT molecular complexity index is 306. The number of nitrogens with one attached hydrogen (secondary N) is 2. The van der Waals surface area contributed by atoms with Gasteiger partial charge in [0.05, 0.1) is 6.04 Å². The molecule has 0 aromatic heterocycles. The summed E-state index contributed by atoms with van der Waals surface area (Å²) in [6, 6.07) is 0.898. The summed E-state index contributed by atoms with van der Waals surface area (Å²) >= 11 is 0. The van der Waals surface area contributed by atoms with Crippen LogP contribution in [0.1, 0.15) is 60.3 Å². The van der Waals surface area contributed by atoms with Crippen LogP contribution in [0.5, 0.6) is 0 Å². The lowest BCUT2D eigenvalue weighted by atomic mass is 9.94. The molecule has 0 saturated carbocycles. The number of piperidine rings is 1. The quantitative estimate of drug-likeness (QED) is 0.723. The minimum Gasteiger partial charge on any atom is -0.355 e. The van der Waals surface area contributed by atoms with Crippen molar-refractivity contribution in [3.05, 3.63) is 0 Å². The molecule has 1 saturated heterocycles. The second kappa shape index (κ2) is 9.42. The van der Waals surface area contributed by atoms with Crippen molar-refractivity contribution in [3.8, 4) is 0 Å². The Morgan fingerprint density at radius 3 is 2.57 bits per heavy atom. The van der Waals surface area contributed by atoms with Crippen LogP contribution in [0.4, 0.5) is 0 Å². The summed E-state index contributed by atoms with van der Waals surface area (Å²) in [7, 11) is 0. The lowest BCUT2D eigenvalue weighted by molar-refractivity contribution is -0.127. The lowest BCUT2D eigenvalue weighted by Crippen LogP contribution is -2.57. The molecule has 0 bridgehead atoms. The van der Waals surface area contributed by atoms with E-state index in [4.69, 9.17) is 0 Å². The largest absolute Gasteiger partial charge is 0.355 e. The van der Waals surface area contributed by atoms with E-state index >= 15 is 0 Å². The van der Waals surface area contributed by atoms with Crippen LogP contribution in [-0.4, -0.2) is 48.6 Å². The molecule has 21 heavy (non-hydrogen) atoms. The molecule has 3 unspecified atom stereocenters. The predicted octanol–water partition coefficient (Wildman–Crippen LogP) is 2.39. The molecule has 0 spiro atoms. The first-order valence-corrected chi connectivity index (χ1v) is 8.74. The fourth-order valence-corrected chi connectivity index (χ4v) is 3.24. The third-order valence-electron chi connectivity index (χ3n) is 4.59. The molecule has 2 N–H and O–H groups in total. The fourth-order valence-electron chi connectivity index (χ4n) is 3.24. The number of hydrogen-bond donors (Lipinski definition) is 2. The zero-order chi connectivity index (χ0) is 15.8. The lowest BCUT2D eigenvalue weighted by Gasteiger charge is -2.42. The van der Waals surface area contributed by atoms with E-state index in [2.05, 4.69) is 50.2 Å². The van der Waals surface area contributed by atoms with Crippen molar-refractivity contribution >= 4 is 5.91 Å². The summed E-state index contributed by atoms with van der Waals surface area (Å²) in [5.74, 6) is 0.823. The molecule has 0 aromatic carbocycles. The van der Waals surface area contributed by atoms with Crippen LogP contribution in [0.2, 0.25) is 0 Å². The predicted molar refractivity (Wildman–Crippen MR) is 89.4 cm³/mol. The van der Waals surface area contributed by atoms with E-state index in [0.29, 0.717) is 18.0 Å². The third-order valence-corrected chi connectivity index (χ3v) is 4.59. The topological polar surface area (TPSA) is 44.4 Å². The first-order valence-electron chi connectivity index (χ1n) is 8.74. The first kappa shape index (κ1) is 18.4. The molecular formula is C17H35N3O. The molecule has 1 heterocycles. The van der Waals surface area contributed by atoms with Crippen LogP contribution < -0.4 is 10.6 Å². The second-order valence-electron chi connectivity index (χ2n) is 6.80. The Labute approximate surface area is 131 Å². The van der Waals surface area contributed by atoms with Gasteiger partial charge in [0.15, 0.2) is 0 Å². The summed E-state index contributed by atoms with van der Waals surface area (Å²) in [6.07, 6.45) is 4.73. The van der Waals surface area contributed by atoms with Gasteiger partial charge in [-0.2, -0.15) is 0 Å². The van der Waals surface area contributed by atoms with Crippen LogP contribution in [-0.2, 0) is 4.79 Å². The average Bonchev–Trinajstić information content (AvgIpc) is 2.46. The normalized spacial score (nSPS) is 23.0. The molecule has 4 nitrogen and oxygen atoms in total. The van der Waals surface area contributed by atoms with E-state index in [9.17, 15) is 4.79 Å². The summed E-state index contributed by atoms with van der Waals surface area (Å²) in [6.45, 7) is 13.6. The Kier molecular flexibility index (Phi) is 8.27.